The zero-order chi connectivity index (χ0) is 10.9. The summed E-state index contributed by atoms with van der Waals surface area (Å²) in [5.74, 6) is 0.666. The lowest BCUT2D eigenvalue weighted by atomic mass is 9.99. The summed E-state index contributed by atoms with van der Waals surface area (Å²) in [6, 6.07) is 0. The Morgan fingerprint density at radius 3 is 1.85 bits per heavy atom. The van der Waals surface area contributed by atoms with Crippen LogP contribution in [-0.2, 0) is 0 Å². The third-order valence-corrected chi connectivity index (χ3v) is 1.82. The van der Waals surface area contributed by atoms with Gasteiger partial charge in [0.25, 0.3) is 0 Å². The molecule has 0 saturated carbocycles. The molecular formula is C11H27NO. The van der Waals surface area contributed by atoms with Crippen molar-refractivity contribution in [2.45, 2.75) is 47.1 Å². The highest BCUT2D eigenvalue weighted by atomic mass is 16.3. The Bertz CT molecular complexity index is 71.1. The largest absolute Gasteiger partial charge is 0.392 e. The highest BCUT2D eigenvalue weighted by molar-refractivity contribution is 4.73. The molecule has 1 heterocycles. The lowest BCUT2D eigenvalue weighted by molar-refractivity contribution is 0.0582. The van der Waals surface area contributed by atoms with Gasteiger partial charge in [0.2, 0.25) is 0 Å². The first-order valence-corrected chi connectivity index (χ1v) is 5.55. The number of β-amino-alcohol motifs (C(OH)–C–C–N with tert-alkyl or cyclic N) is 1. The second-order valence-corrected chi connectivity index (χ2v) is 3.22. The zero-order valence-electron chi connectivity index (χ0n) is 10.2. The van der Waals surface area contributed by atoms with E-state index < -0.39 is 0 Å². The van der Waals surface area contributed by atoms with Crippen LogP contribution in [-0.4, -0.2) is 36.2 Å². The summed E-state index contributed by atoms with van der Waals surface area (Å²) in [5, 5.41) is 9.21. The minimum absolute atomic E-state index is 0.0845. The first-order chi connectivity index (χ1) is 6.18. The molecule has 1 N–H and O–H groups in total. The summed E-state index contributed by atoms with van der Waals surface area (Å²) >= 11 is 0. The van der Waals surface area contributed by atoms with Crippen LogP contribution in [0.15, 0.2) is 0 Å². The first kappa shape index (κ1) is 15.4. The molecule has 82 valence electrons. The van der Waals surface area contributed by atoms with E-state index in [0.717, 1.165) is 19.5 Å². The Labute approximate surface area is 83.9 Å². The Balaban J connectivity index is 0. The van der Waals surface area contributed by atoms with Gasteiger partial charge in [0.15, 0.2) is 0 Å². The molecule has 0 radical (unpaired) electrons. The number of piperidine rings is 1. The van der Waals surface area contributed by atoms with Gasteiger partial charge in [0.05, 0.1) is 6.10 Å². The third-order valence-electron chi connectivity index (χ3n) is 1.82. The fraction of sp³-hybridized carbons (Fsp3) is 1.00. The molecule has 2 unspecified atom stereocenters. The van der Waals surface area contributed by atoms with Crippen molar-refractivity contribution >= 4 is 0 Å². The maximum atomic E-state index is 9.21. The average Bonchev–Trinajstić information content (AvgIpc) is 2.09. The second kappa shape index (κ2) is 10.0. The summed E-state index contributed by atoms with van der Waals surface area (Å²) < 4.78 is 0. The van der Waals surface area contributed by atoms with E-state index in [4.69, 9.17) is 0 Å². The number of likely N-dealkylation sites (tertiary alicyclic amines) is 1. The highest BCUT2D eigenvalue weighted by Gasteiger charge is 2.19. The van der Waals surface area contributed by atoms with Gasteiger partial charge in [-0.1, -0.05) is 34.6 Å². The molecule has 0 amide bonds. The third kappa shape index (κ3) is 8.26. The molecule has 1 aliphatic rings. The van der Waals surface area contributed by atoms with Crippen molar-refractivity contribution in [2.75, 3.05) is 20.1 Å². The van der Waals surface area contributed by atoms with E-state index in [-0.39, 0.29) is 6.10 Å². The fourth-order valence-electron chi connectivity index (χ4n) is 1.58. The van der Waals surface area contributed by atoms with Gasteiger partial charge in [-0.25, -0.2) is 0 Å². The molecule has 1 rings (SSSR count). The molecule has 2 heteroatoms. The summed E-state index contributed by atoms with van der Waals surface area (Å²) in [4.78, 5) is 2.18. The zero-order valence-corrected chi connectivity index (χ0v) is 10.2. The Hall–Kier alpha value is -0.0800. The van der Waals surface area contributed by atoms with Gasteiger partial charge in [-0.05, 0) is 19.4 Å². The number of likely N-dealkylation sites (N-methyl/N-ethyl adjacent to an activating group) is 1. The quantitative estimate of drug-likeness (QED) is 0.632. The molecule has 1 fully saturated rings. The van der Waals surface area contributed by atoms with E-state index in [1.54, 1.807) is 0 Å². The summed E-state index contributed by atoms with van der Waals surface area (Å²) in [6.45, 7) is 12.2. The molecule has 0 aromatic carbocycles. The number of nitrogens with zero attached hydrogens (tertiary/aromatic N) is 1. The van der Waals surface area contributed by atoms with Gasteiger partial charge in [0.1, 0.15) is 0 Å². The van der Waals surface area contributed by atoms with Crippen LogP contribution in [0.4, 0.5) is 0 Å². The smallest absolute Gasteiger partial charge is 0.0670 e. The summed E-state index contributed by atoms with van der Waals surface area (Å²) in [5.41, 5.74) is 0. The SMILES string of the molecule is CC.CC.CC1CC(O)CN(C)C1. The first-order valence-electron chi connectivity index (χ1n) is 5.55. The van der Waals surface area contributed by atoms with Crippen LogP contribution in [0.25, 0.3) is 0 Å². The molecule has 0 spiro atoms. The number of hydrogen-bond donors (Lipinski definition) is 1. The molecule has 0 aromatic heterocycles. The van der Waals surface area contributed by atoms with Gasteiger partial charge in [-0.15, -0.1) is 0 Å². The van der Waals surface area contributed by atoms with Gasteiger partial charge in [0, 0.05) is 13.1 Å². The minimum atomic E-state index is -0.0845. The van der Waals surface area contributed by atoms with Gasteiger partial charge >= 0.3 is 0 Å². The Kier molecular flexibility index (Phi) is 11.8. The maximum absolute atomic E-state index is 9.21. The highest BCUT2D eigenvalue weighted by Crippen LogP contribution is 2.13. The lowest BCUT2D eigenvalue weighted by Gasteiger charge is -2.30. The number of hydrogen-bond acceptors (Lipinski definition) is 2. The topological polar surface area (TPSA) is 23.5 Å². The molecule has 1 aliphatic heterocycles. The van der Waals surface area contributed by atoms with E-state index in [2.05, 4.69) is 18.9 Å². The molecule has 13 heavy (non-hydrogen) atoms. The number of rotatable bonds is 0. The second-order valence-electron chi connectivity index (χ2n) is 3.22. The van der Waals surface area contributed by atoms with E-state index in [1.165, 1.54) is 0 Å². The molecule has 2 nitrogen and oxygen atoms in total. The van der Waals surface area contributed by atoms with Crippen LogP contribution in [0.1, 0.15) is 41.0 Å². The van der Waals surface area contributed by atoms with Crippen molar-refractivity contribution in [3.63, 3.8) is 0 Å². The predicted octanol–water partition coefficient (Wildman–Crippen LogP) is 2.37. The van der Waals surface area contributed by atoms with E-state index in [1.807, 2.05) is 27.7 Å². The van der Waals surface area contributed by atoms with Crippen molar-refractivity contribution < 1.29 is 5.11 Å². The van der Waals surface area contributed by atoms with Gasteiger partial charge in [-0.2, -0.15) is 0 Å². The van der Waals surface area contributed by atoms with Crippen molar-refractivity contribution in [3.05, 3.63) is 0 Å². The standard InChI is InChI=1S/C7H15NO.2C2H6/c1-6-3-7(9)5-8(2)4-6;2*1-2/h6-7,9H,3-5H2,1-2H3;2*1-2H3. The average molecular weight is 189 g/mol. The summed E-state index contributed by atoms with van der Waals surface area (Å²) in [7, 11) is 2.05. The van der Waals surface area contributed by atoms with E-state index in [0.29, 0.717) is 5.92 Å². The fourth-order valence-corrected chi connectivity index (χ4v) is 1.58. The van der Waals surface area contributed by atoms with Crippen molar-refractivity contribution in [3.8, 4) is 0 Å². The van der Waals surface area contributed by atoms with Gasteiger partial charge in [-0.3, -0.25) is 0 Å². The molecular weight excluding hydrogens is 162 g/mol. The molecule has 0 bridgehead atoms. The molecule has 0 aromatic rings. The van der Waals surface area contributed by atoms with E-state index >= 15 is 0 Å². The van der Waals surface area contributed by atoms with Crippen LogP contribution in [0.3, 0.4) is 0 Å². The van der Waals surface area contributed by atoms with Crippen LogP contribution in [0.2, 0.25) is 0 Å². The summed E-state index contributed by atoms with van der Waals surface area (Å²) in [6.07, 6.45) is 0.892. The van der Waals surface area contributed by atoms with Crippen molar-refractivity contribution in [1.29, 1.82) is 0 Å². The molecule has 1 saturated heterocycles. The van der Waals surface area contributed by atoms with Crippen molar-refractivity contribution in [2.24, 2.45) is 5.92 Å². The van der Waals surface area contributed by atoms with E-state index in [9.17, 15) is 5.11 Å². The molecule has 2 atom stereocenters. The number of aliphatic hydroxyl groups excluding tert-OH is 1. The maximum Gasteiger partial charge on any atom is 0.0670 e. The van der Waals surface area contributed by atoms with Gasteiger partial charge < -0.3 is 10.0 Å². The van der Waals surface area contributed by atoms with Crippen molar-refractivity contribution in [1.82, 2.24) is 4.90 Å². The number of aliphatic hydroxyl groups is 1. The predicted molar refractivity (Wildman–Crippen MR) is 60.0 cm³/mol. The minimum Gasteiger partial charge on any atom is -0.392 e. The molecule has 0 aliphatic carbocycles. The van der Waals surface area contributed by atoms with Crippen LogP contribution in [0, 0.1) is 5.92 Å². The normalized spacial score (nSPS) is 27.9. The van der Waals surface area contributed by atoms with Crippen LogP contribution < -0.4 is 0 Å². The van der Waals surface area contributed by atoms with Crippen LogP contribution >= 0.6 is 0 Å². The van der Waals surface area contributed by atoms with Crippen LogP contribution in [0.5, 0.6) is 0 Å². The monoisotopic (exact) mass is 189 g/mol. The Morgan fingerprint density at radius 1 is 1.08 bits per heavy atom. The Morgan fingerprint density at radius 2 is 1.54 bits per heavy atom. The lowest BCUT2D eigenvalue weighted by Crippen LogP contribution is -2.39.